The predicted octanol–water partition coefficient (Wildman–Crippen LogP) is 4.13. The lowest BCUT2D eigenvalue weighted by atomic mass is 10.00. The number of hydrogen-bond acceptors (Lipinski definition) is 4. The van der Waals surface area contributed by atoms with E-state index in [1.165, 1.54) is 12.3 Å². The third kappa shape index (κ3) is 2.59. The lowest BCUT2D eigenvalue weighted by molar-refractivity contribution is 0.321. The molecule has 2 aromatic carbocycles. The van der Waals surface area contributed by atoms with E-state index in [1.54, 1.807) is 30.3 Å². The summed E-state index contributed by atoms with van der Waals surface area (Å²) in [6.45, 7) is 2.11. The number of rotatable bonds is 2. The molecule has 130 valence electrons. The molecule has 0 saturated heterocycles. The number of aromatic nitrogens is 2. The first-order valence-electron chi connectivity index (χ1n) is 7.95. The van der Waals surface area contributed by atoms with Crippen LogP contribution in [0, 0.1) is 12.7 Å². The average Bonchev–Trinajstić information content (AvgIpc) is 2.83. The Hall–Kier alpha value is -2.99. The molecule has 0 unspecified atom stereocenters. The molecule has 4 rings (SSSR count). The van der Waals surface area contributed by atoms with Crippen molar-refractivity contribution in [3.8, 4) is 5.69 Å². The summed E-state index contributed by atoms with van der Waals surface area (Å²) >= 11 is 6.22. The minimum atomic E-state index is -0.351. The Balaban J connectivity index is 2.03. The predicted molar refractivity (Wildman–Crippen MR) is 98.4 cm³/mol. The molecule has 0 amide bonds. The van der Waals surface area contributed by atoms with Crippen LogP contribution < -0.4 is 0 Å². The number of oxime groups is 1. The van der Waals surface area contributed by atoms with Gasteiger partial charge < -0.3 is 5.21 Å². The normalized spacial score (nSPS) is 13.3. The van der Waals surface area contributed by atoms with Gasteiger partial charge in [-0.15, -0.1) is 0 Å². The van der Waals surface area contributed by atoms with E-state index < -0.39 is 0 Å². The molecule has 0 atom stereocenters. The molecule has 5 nitrogen and oxygen atoms in total. The van der Waals surface area contributed by atoms with E-state index in [2.05, 4.69) is 15.1 Å². The van der Waals surface area contributed by atoms with Crippen molar-refractivity contribution in [1.29, 1.82) is 0 Å². The summed E-state index contributed by atoms with van der Waals surface area (Å²) < 4.78 is 16.4. The molecular formula is C19H14ClFN4O. The van der Waals surface area contributed by atoms with Gasteiger partial charge in [-0.2, -0.15) is 0 Å². The summed E-state index contributed by atoms with van der Waals surface area (Å²) in [6.07, 6.45) is 1.28. The van der Waals surface area contributed by atoms with Gasteiger partial charge in [0.15, 0.2) is 0 Å². The summed E-state index contributed by atoms with van der Waals surface area (Å²) in [5.41, 5.74) is 3.72. The van der Waals surface area contributed by atoms with Crippen LogP contribution in [0.3, 0.4) is 0 Å². The number of imidazole rings is 1. The van der Waals surface area contributed by atoms with Crippen LogP contribution in [0.4, 0.5) is 4.39 Å². The van der Waals surface area contributed by atoms with Crippen LogP contribution in [0.25, 0.3) is 5.69 Å². The molecule has 0 spiro atoms. The maximum atomic E-state index is 14.4. The number of nitrogens with zero attached hydrogens (tertiary/aromatic N) is 4. The fourth-order valence-corrected chi connectivity index (χ4v) is 3.42. The first-order valence-corrected chi connectivity index (χ1v) is 8.33. The Labute approximate surface area is 154 Å². The number of fused-ring (bicyclic) bond motifs is 3. The van der Waals surface area contributed by atoms with Gasteiger partial charge in [-0.25, -0.2) is 9.37 Å². The molecule has 1 aliphatic heterocycles. The van der Waals surface area contributed by atoms with Crippen LogP contribution in [-0.2, 0) is 6.54 Å². The zero-order valence-electron chi connectivity index (χ0n) is 13.8. The molecule has 0 radical (unpaired) electrons. The van der Waals surface area contributed by atoms with Gasteiger partial charge in [0.25, 0.3) is 0 Å². The molecule has 2 heterocycles. The van der Waals surface area contributed by atoms with Crippen molar-refractivity contribution in [3.63, 3.8) is 0 Å². The molecule has 0 aliphatic carbocycles. The molecule has 0 saturated carbocycles. The largest absolute Gasteiger partial charge is 0.411 e. The number of benzene rings is 2. The topological polar surface area (TPSA) is 62.8 Å². The summed E-state index contributed by atoms with van der Waals surface area (Å²) in [6, 6.07) is 11.9. The Morgan fingerprint density at radius 1 is 1.23 bits per heavy atom. The van der Waals surface area contributed by atoms with E-state index in [1.807, 2.05) is 17.6 Å². The fourth-order valence-electron chi connectivity index (χ4n) is 3.24. The second kappa shape index (κ2) is 6.38. The molecule has 1 N–H and O–H groups in total. The van der Waals surface area contributed by atoms with Crippen molar-refractivity contribution in [2.45, 2.75) is 13.5 Å². The van der Waals surface area contributed by atoms with Crippen LogP contribution in [-0.4, -0.2) is 26.7 Å². The van der Waals surface area contributed by atoms with Crippen LogP contribution in [0.5, 0.6) is 0 Å². The molecule has 0 fully saturated rings. The van der Waals surface area contributed by atoms with Gasteiger partial charge in [0, 0.05) is 16.1 Å². The van der Waals surface area contributed by atoms with Crippen LogP contribution in [0.2, 0.25) is 5.02 Å². The highest BCUT2D eigenvalue weighted by molar-refractivity contribution is 6.31. The maximum Gasteiger partial charge on any atom is 0.132 e. The van der Waals surface area contributed by atoms with E-state index in [9.17, 15) is 4.39 Å². The van der Waals surface area contributed by atoms with Gasteiger partial charge in [0.1, 0.15) is 17.3 Å². The molecule has 3 aromatic rings. The van der Waals surface area contributed by atoms with Gasteiger partial charge in [-0.3, -0.25) is 9.56 Å². The molecule has 1 aliphatic rings. The van der Waals surface area contributed by atoms with Crippen molar-refractivity contribution in [2.75, 3.05) is 0 Å². The number of aryl methyl sites for hydroxylation is 1. The van der Waals surface area contributed by atoms with Crippen molar-refractivity contribution in [2.24, 2.45) is 10.1 Å². The minimum Gasteiger partial charge on any atom is -0.411 e. The van der Waals surface area contributed by atoms with Crippen LogP contribution in [0.15, 0.2) is 52.6 Å². The van der Waals surface area contributed by atoms with E-state index in [0.29, 0.717) is 33.4 Å². The van der Waals surface area contributed by atoms with Crippen LogP contribution >= 0.6 is 11.6 Å². The van der Waals surface area contributed by atoms with E-state index in [-0.39, 0.29) is 12.4 Å². The Morgan fingerprint density at radius 2 is 2.04 bits per heavy atom. The smallest absolute Gasteiger partial charge is 0.132 e. The monoisotopic (exact) mass is 368 g/mol. The third-order valence-electron chi connectivity index (χ3n) is 4.32. The van der Waals surface area contributed by atoms with Gasteiger partial charge in [0.05, 0.1) is 29.9 Å². The first-order chi connectivity index (χ1) is 12.6. The van der Waals surface area contributed by atoms with Crippen molar-refractivity contribution in [1.82, 2.24) is 9.55 Å². The number of aliphatic imine (C=N–C) groups is 1. The minimum absolute atomic E-state index is 0.262. The van der Waals surface area contributed by atoms with Crippen molar-refractivity contribution < 1.29 is 9.60 Å². The number of hydrogen-bond donors (Lipinski definition) is 1. The van der Waals surface area contributed by atoms with Gasteiger partial charge in [-0.1, -0.05) is 28.9 Å². The number of halogens is 2. The molecule has 26 heavy (non-hydrogen) atoms. The molecule has 7 heteroatoms. The molecular weight excluding hydrogens is 355 g/mol. The van der Waals surface area contributed by atoms with Crippen LogP contribution in [0.1, 0.15) is 28.3 Å². The van der Waals surface area contributed by atoms with E-state index >= 15 is 0 Å². The lowest BCUT2D eigenvalue weighted by Gasteiger charge is -2.14. The Bertz CT molecular complexity index is 1070. The second-order valence-corrected chi connectivity index (χ2v) is 6.31. The van der Waals surface area contributed by atoms with Gasteiger partial charge in [0.2, 0.25) is 0 Å². The van der Waals surface area contributed by atoms with Crippen molar-refractivity contribution >= 4 is 23.5 Å². The lowest BCUT2D eigenvalue weighted by Crippen LogP contribution is -2.09. The average molecular weight is 369 g/mol. The molecule has 1 aromatic heterocycles. The highest BCUT2D eigenvalue weighted by atomic mass is 35.5. The Kier molecular flexibility index (Phi) is 4.05. The van der Waals surface area contributed by atoms with E-state index in [0.717, 1.165) is 11.4 Å². The summed E-state index contributed by atoms with van der Waals surface area (Å²) in [5, 5.41) is 12.5. The Morgan fingerprint density at radius 3 is 2.81 bits per heavy atom. The third-order valence-corrected chi connectivity index (χ3v) is 4.56. The maximum absolute atomic E-state index is 14.4. The van der Waals surface area contributed by atoms with Crippen molar-refractivity contribution in [3.05, 3.63) is 81.6 Å². The highest BCUT2D eigenvalue weighted by Crippen LogP contribution is 2.30. The zero-order valence-corrected chi connectivity index (χ0v) is 14.6. The summed E-state index contributed by atoms with van der Waals surface area (Å²) in [7, 11) is 0. The highest BCUT2D eigenvalue weighted by Gasteiger charge is 2.24. The zero-order chi connectivity index (χ0) is 18.3. The quantitative estimate of drug-likeness (QED) is 0.420. The standard InChI is InChI=1S/C19H14ClFN4O/c1-11-24-16(9-23-26)18-10-22-19(13-4-2-3-5-15(13)21)14-8-12(20)6-7-17(14)25(11)18/h2-9,26H,10H2,1H3. The summed E-state index contributed by atoms with van der Waals surface area (Å²) in [4.78, 5) is 9.09. The van der Waals surface area contributed by atoms with Gasteiger partial charge >= 0.3 is 0 Å². The SMILES string of the molecule is Cc1nc(C=NO)c2n1-c1ccc(Cl)cc1C(c1ccccc1F)=NC2. The molecule has 0 bridgehead atoms. The van der Waals surface area contributed by atoms with Gasteiger partial charge in [-0.05, 0) is 37.3 Å². The first kappa shape index (κ1) is 16.5. The fraction of sp³-hybridized carbons (Fsp3) is 0.105. The summed E-state index contributed by atoms with van der Waals surface area (Å²) in [5.74, 6) is 0.360. The van der Waals surface area contributed by atoms with E-state index in [4.69, 9.17) is 16.8 Å². The second-order valence-electron chi connectivity index (χ2n) is 5.88.